The van der Waals surface area contributed by atoms with Gasteiger partial charge in [0.25, 0.3) is 0 Å². The van der Waals surface area contributed by atoms with Gasteiger partial charge in [-0.05, 0) is 42.6 Å². The fourth-order valence-electron chi connectivity index (χ4n) is 2.11. The van der Waals surface area contributed by atoms with Crippen LogP contribution in [0.15, 0.2) is 29.8 Å². The number of rotatable bonds is 3. The standard InChI is InChI=1S/C14H16N4OS.ClH/c19-14(16-12-5-7-15-10-12)18-8-6-11(17-18)3-4-13-2-1-9-20-13;/h1-4,6,8-9,12,15H,5,7,10H2,(H,16,19);1H/b4-3+;. The Morgan fingerprint density at radius 1 is 1.48 bits per heavy atom. The van der Waals surface area contributed by atoms with Crippen molar-refractivity contribution in [3.05, 3.63) is 40.3 Å². The Hall–Kier alpha value is -1.63. The molecule has 112 valence electrons. The van der Waals surface area contributed by atoms with Crippen molar-refractivity contribution >= 4 is 41.9 Å². The van der Waals surface area contributed by atoms with E-state index in [1.807, 2.05) is 35.7 Å². The van der Waals surface area contributed by atoms with Crippen LogP contribution in [-0.4, -0.2) is 34.9 Å². The fourth-order valence-corrected chi connectivity index (χ4v) is 2.73. The zero-order valence-electron chi connectivity index (χ0n) is 11.4. The minimum absolute atomic E-state index is 0. The number of hydrogen-bond donors (Lipinski definition) is 2. The number of amides is 1. The molecule has 1 aliphatic rings. The van der Waals surface area contributed by atoms with Crippen LogP contribution in [0.2, 0.25) is 0 Å². The van der Waals surface area contributed by atoms with E-state index in [1.54, 1.807) is 17.5 Å². The van der Waals surface area contributed by atoms with Crippen molar-refractivity contribution in [2.75, 3.05) is 13.1 Å². The molecule has 1 unspecified atom stereocenters. The molecule has 7 heteroatoms. The van der Waals surface area contributed by atoms with Crippen molar-refractivity contribution in [1.82, 2.24) is 20.4 Å². The van der Waals surface area contributed by atoms with Crippen molar-refractivity contribution < 1.29 is 4.79 Å². The van der Waals surface area contributed by atoms with Gasteiger partial charge in [0.1, 0.15) is 0 Å². The number of carbonyl (C=O) groups is 1. The van der Waals surface area contributed by atoms with E-state index in [1.165, 1.54) is 9.56 Å². The molecule has 2 N–H and O–H groups in total. The van der Waals surface area contributed by atoms with Crippen LogP contribution < -0.4 is 10.6 Å². The van der Waals surface area contributed by atoms with Gasteiger partial charge in [0.05, 0.1) is 5.69 Å². The molecule has 1 amide bonds. The van der Waals surface area contributed by atoms with Gasteiger partial charge in [-0.3, -0.25) is 0 Å². The molecule has 0 spiro atoms. The lowest BCUT2D eigenvalue weighted by molar-refractivity contribution is 0.236. The van der Waals surface area contributed by atoms with Crippen LogP contribution >= 0.6 is 23.7 Å². The van der Waals surface area contributed by atoms with Gasteiger partial charge in [0, 0.05) is 23.7 Å². The Labute approximate surface area is 133 Å². The second kappa shape index (κ2) is 7.40. The SMILES string of the molecule is Cl.O=C(NC1CCNC1)n1ccc(/C=C/c2cccs2)n1. The second-order valence-electron chi connectivity index (χ2n) is 4.67. The van der Waals surface area contributed by atoms with Crippen LogP contribution in [0.5, 0.6) is 0 Å². The predicted molar refractivity (Wildman–Crippen MR) is 87.9 cm³/mol. The maximum absolute atomic E-state index is 12.0. The van der Waals surface area contributed by atoms with Gasteiger partial charge in [0.15, 0.2) is 0 Å². The van der Waals surface area contributed by atoms with E-state index < -0.39 is 0 Å². The van der Waals surface area contributed by atoms with E-state index in [9.17, 15) is 4.79 Å². The Kier molecular flexibility index (Phi) is 5.55. The highest BCUT2D eigenvalue weighted by atomic mass is 35.5. The molecule has 2 aromatic rings. The monoisotopic (exact) mass is 324 g/mol. The van der Waals surface area contributed by atoms with Crippen LogP contribution in [0.3, 0.4) is 0 Å². The van der Waals surface area contributed by atoms with Gasteiger partial charge in [-0.1, -0.05) is 6.07 Å². The molecule has 0 aliphatic carbocycles. The zero-order chi connectivity index (χ0) is 13.8. The first-order valence-electron chi connectivity index (χ1n) is 6.60. The number of carbonyl (C=O) groups excluding carboxylic acids is 1. The van der Waals surface area contributed by atoms with E-state index >= 15 is 0 Å². The first-order valence-corrected chi connectivity index (χ1v) is 7.48. The van der Waals surface area contributed by atoms with Gasteiger partial charge in [0.2, 0.25) is 0 Å². The summed E-state index contributed by atoms with van der Waals surface area (Å²) in [5.41, 5.74) is 0.776. The number of halogens is 1. The third-order valence-corrected chi connectivity index (χ3v) is 4.00. The number of aromatic nitrogens is 2. The van der Waals surface area contributed by atoms with Crippen LogP contribution in [0.4, 0.5) is 4.79 Å². The number of nitrogens with one attached hydrogen (secondary N) is 2. The molecular formula is C14H17ClN4OS. The molecular weight excluding hydrogens is 308 g/mol. The number of thiophene rings is 1. The highest BCUT2D eigenvalue weighted by molar-refractivity contribution is 7.10. The Morgan fingerprint density at radius 2 is 2.38 bits per heavy atom. The highest BCUT2D eigenvalue weighted by Gasteiger charge is 2.17. The van der Waals surface area contributed by atoms with Crippen molar-refractivity contribution in [1.29, 1.82) is 0 Å². The van der Waals surface area contributed by atoms with E-state index in [4.69, 9.17) is 0 Å². The molecule has 1 saturated heterocycles. The molecule has 1 atom stereocenters. The third-order valence-electron chi connectivity index (χ3n) is 3.17. The van der Waals surface area contributed by atoms with E-state index in [0.717, 1.165) is 25.2 Å². The molecule has 21 heavy (non-hydrogen) atoms. The summed E-state index contributed by atoms with van der Waals surface area (Å²) in [6.07, 6.45) is 6.56. The molecule has 3 rings (SSSR count). The molecule has 1 aliphatic heterocycles. The molecule has 2 aromatic heterocycles. The fraction of sp³-hybridized carbons (Fsp3) is 0.286. The normalized spacial score (nSPS) is 17.8. The van der Waals surface area contributed by atoms with Crippen LogP contribution in [-0.2, 0) is 0 Å². The molecule has 0 aromatic carbocycles. The molecule has 0 saturated carbocycles. The summed E-state index contributed by atoms with van der Waals surface area (Å²) in [5.74, 6) is 0. The summed E-state index contributed by atoms with van der Waals surface area (Å²) in [5, 5.41) is 12.5. The average molecular weight is 325 g/mol. The molecule has 0 bridgehead atoms. The molecule has 3 heterocycles. The lowest BCUT2D eigenvalue weighted by Gasteiger charge is -2.10. The largest absolute Gasteiger partial charge is 0.342 e. The summed E-state index contributed by atoms with van der Waals surface area (Å²) in [6, 6.07) is 5.91. The maximum atomic E-state index is 12.0. The summed E-state index contributed by atoms with van der Waals surface area (Å²) in [6.45, 7) is 1.79. The first-order chi connectivity index (χ1) is 9.81. The van der Waals surface area contributed by atoms with Gasteiger partial charge >= 0.3 is 6.03 Å². The minimum Gasteiger partial charge on any atom is -0.332 e. The summed E-state index contributed by atoms with van der Waals surface area (Å²) in [4.78, 5) is 13.2. The van der Waals surface area contributed by atoms with Crippen molar-refractivity contribution in [3.63, 3.8) is 0 Å². The van der Waals surface area contributed by atoms with Crippen molar-refractivity contribution in [3.8, 4) is 0 Å². The first kappa shape index (κ1) is 15.8. The van der Waals surface area contributed by atoms with Gasteiger partial charge < -0.3 is 10.6 Å². The van der Waals surface area contributed by atoms with Crippen molar-refractivity contribution in [2.45, 2.75) is 12.5 Å². The molecule has 1 fully saturated rings. The Bertz CT molecular complexity index is 602. The van der Waals surface area contributed by atoms with E-state index in [-0.39, 0.29) is 24.5 Å². The summed E-state index contributed by atoms with van der Waals surface area (Å²) >= 11 is 1.67. The van der Waals surface area contributed by atoms with Crippen LogP contribution in [0, 0.1) is 0 Å². The van der Waals surface area contributed by atoms with Crippen LogP contribution in [0.25, 0.3) is 12.2 Å². The number of nitrogens with zero attached hydrogens (tertiary/aromatic N) is 2. The zero-order valence-corrected chi connectivity index (χ0v) is 13.0. The summed E-state index contributed by atoms with van der Waals surface area (Å²) < 4.78 is 1.35. The smallest absolute Gasteiger partial charge is 0.332 e. The van der Waals surface area contributed by atoms with E-state index in [0.29, 0.717) is 0 Å². The Balaban J connectivity index is 0.00000161. The summed E-state index contributed by atoms with van der Waals surface area (Å²) in [7, 11) is 0. The molecule has 5 nitrogen and oxygen atoms in total. The number of hydrogen-bond acceptors (Lipinski definition) is 4. The third kappa shape index (κ3) is 4.17. The lowest BCUT2D eigenvalue weighted by atomic mass is 10.3. The molecule has 0 radical (unpaired) electrons. The Morgan fingerprint density at radius 3 is 3.10 bits per heavy atom. The minimum atomic E-state index is -0.172. The van der Waals surface area contributed by atoms with Gasteiger partial charge in [-0.2, -0.15) is 9.78 Å². The second-order valence-corrected chi connectivity index (χ2v) is 5.65. The van der Waals surface area contributed by atoms with Gasteiger partial charge in [-0.25, -0.2) is 4.79 Å². The maximum Gasteiger partial charge on any atom is 0.342 e. The van der Waals surface area contributed by atoms with E-state index in [2.05, 4.69) is 15.7 Å². The van der Waals surface area contributed by atoms with Crippen molar-refractivity contribution in [2.24, 2.45) is 0 Å². The van der Waals surface area contributed by atoms with Crippen LogP contribution in [0.1, 0.15) is 17.0 Å². The lowest BCUT2D eigenvalue weighted by Crippen LogP contribution is -2.39. The highest BCUT2D eigenvalue weighted by Crippen LogP contribution is 2.12. The average Bonchev–Trinajstić information content (AvgIpc) is 3.19. The topological polar surface area (TPSA) is 59.0 Å². The predicted octanol–water partition coefficient (Wildman–Crippen LogP) is 2.46. The van der Waals surface area contributed by atoms with Gasteiger partial charge in [-0.15, -0.1) is 23.7 Å². The quantitative estimate of drug-likeness (QED) is 0.911.